The van der Waals surface area contributed by atoms with E-state index in [4.69, 9.17) is 0 Å². The number of nitrogens with one attached hydrogen (secondary N) is 1. The molecule has 128 valence electrons. The fourth-order valence-corrected chi connectivity index (χ4v) is 4.22. The van der Waals surface area contributed by atoms with Crippen LogP contribution in [-0.4, -0.2) is 36.5 Å². The number of amides is 1. The van der Waals surface area contributed by atoms with Gasteiger partial charge in [0.1, 0.15) is 0 Å². The van der Waals surface area contributed by atoms with Crippen molar-refractivity contribution in [3.63, 3.8) is 0 Å². The van der Waals surface area contributed by atoms with E-state index in [1.165, 1.54) is 44.9 Å². The van der Waals surface area contributed by atoms with Gasteiger partial charge in [-0.3, -0.25) is 4.79 Å². The van der Waals surface area contributed by atoms with E-state index in [1.54, 1.807) is 0 Å². The summed E-state index contributed by atoms with van der Waals surface area (Å²) in [5.74, 6) is 2.31. The molecule has 2 heterocycles. The molecule has 2 aliphatic rings. The number of rotatable bonds is 5. The predicted octanol–water partition coefficient (Wildman–Crippen LogP) is 3.83. The quantitative estimate of drug-likeness (QED) is 0.837. The molecule has 2 rings (SSSR count). The lowest BCUT2D eigenvalue weighted by molar-refractivity contribution is -0.135. The third-order valence-electron chi connectivity index (χ3n) is 5.58. The standard InChI is InChI=1S/C19H36N2O/c1-15(2)12-18-9-5-4-6-11-21(18)19(22)13-16(3)17-8-7-10-20-14-17/h15-18,20H,4-14H2,1-3H3. The molecule has 0 radical (unpaired) electrons. The Balaban J connectivity index is 1.91. The van der Waals surface area contributed by atoms with Gasteiger partial charge in [-0.1, -0.05) is 33.6 Å². The zero-order chi connectivity index (χ0) is 15.9. The average molecular weight is 309 g/mol. The topological polar surface area (TPSA) is 32.3 Å². The van der Waals surface area contributed by atoms with Gasteiger partial charge in [0.15, 0.2) is 0 Å². The minimum absolute atomic E-state index is 0.422. The lowest BCUT2D eigenvalue weighted by Crippen LogP contribution is -2.42. The second-order valence-electron chi connectivity index (χ2n) is 8.01. The summed E-state index contributed by atoms with van der Waals surface area (Å²) in [7, 11) is 0. The summed E-state index contributed by atoms with van der Waals surface area (Å²) in [5, 5.41) is 3.49. The van der Waals surface area contributed by atoms with Gasteiger partial charge < -0.3 is 10.2 Å². The molecule has 1 amide bonds. The van der Waals surface area contributed by atoms with Gasteiger partial charge in [0.25, 0.3) is 0 Å². The van der Waals surface area contributed by atoms with Crippen LogP contribution in [0.4, 0.5) is 0 Å². The number of piperidine rings is 1. The Morgan fingerprint density at radius 2 is 1.95 bits per heavy atom. The molecule has 0 aromatic heterocycles. The summed E-state index contributed by atoms with van der Waals surface area (Å²) in [5.41, 5.74) is 0. The molecule has 0 aliphatic carbocycles. The van der Waals surface area contributed by atoms with Crippen molar-refractivity contribution >= 4 is 5.91 Å². The molecule has 3 nitrogen and oxygen atoms in total. The Kier molecular flexibility index (Phi) is 7.20. The molecule has 0 bridgehead atoms. The Morgan fingerprint density at radius 1 is 1.14 bits per heavy atom. The van der Waals surface area contributed by atoms with Crippen molar-refractivity contribution in [1.29, 1.82) is 0 Å². The van der Waals surface area contributed by atoms with E-state index >= 15 is 0 Å². The fourth-order valence-electron chi connectivity index (χ4n) is 4.22. The normalized spacial score (nSPS) is 28.5. The lowest BCUT2D eigenvalue weighted by atomic mass is 9.85. The molecular formula is C19H36N2O. The molecule has 2 saturated heterocycles. The maximum atomic E-state index is 12.9. The highest BCUT2D eigenvalue weighted by molar-refractivity contribution is 5.76. The Labute approximate surface area is 137 Å². The van der Waals surface area contributed by atoms with Crippen LogP contribution in [0.25, 0.3) is 0 Å². The van der Waals surface area contributed by atoms with Crippen molar-refractivity contribution in [1.82, 2.24) is 10.2 Å². The molecule has 22 heavy (non-hydrogen) atoms. The second kappa shape index (κ2) is 8.90. The van der Waals surface area contributed by atoms with Crippen molar-refractivity contribution in [2.45, 2.75) is 78.2 Å². The zero-order valence-electron chi connectivity index (χ0n) is 14.9. The van der Waals surface area contributed by atoms with E-state index in [0.29, 0.717) is 29.7 Å². The fraction of sp³-hybridized carbons (Fsp3) is 0.947. The molecule has 0 saturated carbocycles. The summed E-state index contributed by atoms with van der Waals surface area (Å²) in [6.07, 6.45) is 9.47. The van der Waals surface area contributed by atoms with Gasteiger partial charge in [0.05, 0.1) is 0 Å². The van der Waals surface area contributed by atoms with Crippen LogP contribution in [0.15, 0.2) is 0 Å². The average Bonchev–Trinajstić information content (AvgIpc) is 2.73. The van der Waals surface area contributed by atoms with E-state index in [0.717, 1.165) is 26.1 Å². The Hall–Kier alpha value is -0.570. The van der Waals surface area contributed by atoms with Crippen LogP contribution in [-0.2, 0) is 4.79 Å². The number of carbonyl (C=O) groups is 1. The van der Waals surface area contributed by atoms with Crippen molar-refractivity contribution in [2.24, 2.45) is 17.8 Å². The summed E-state index contributed by atoms with van der Waals surface area (Å²) in [6.45, 7) is 10.1. The minimum atomic E-state index is 0.422. The van der Waals surface area contributed by atoms with Crippen LogP contribution in [0.5, 0.6) is 0 Å². The van der Waals surface area contributed by atoms with Crippen molar-refractivity contribution in [3.8, 4) is 0 Å². The van der Waals surface area contributed by atoms with E-state index in [-0.39, 0.29) is 0 Å². The highest BCUT2D eigenvalue weighted by Gasteiger charge is 2.29. The Bertz CT molecular complexity index is 336. The molecular weight excluding hydrogens is 272 g/mol. The molecule has 3 heteroatoms. The van der Waals surface area contributed by atoms with Crippen LogP contribution in [0.1, 0.15) is 72.1 Å². The van der Waals surface area contributed by atoms with Crippen LogP contribution < -0.4 is 5.32 Å². The first-order valence-electron chi connectivity index (χ1n) is 9.58. The number of nitrogens with zero attached hydrogens (tertiary/aromatic N) is 1. The smallest absolute Gasteiger partial charge is 0.223 e. The first-order chi connectivity index (χ1) is 10.6. The maximum Gasteiger partial charge on any atom is 0.223 e. The van der Waals surface area contributed by atoms with Gasteiger partial charge in [0, 0.05) is 19.0 Å². The number of hydrogen-bond donors (Lipinski definition) is 1. The molecule has 2 fully saturated rings. The van der Waals surface area contributed by atoms with Crippen molar-refractivity contribution in [2.75, 3.05) is 19.6 Å². The third-order valence-corrected chi connectivity index (χ3v) is 5.58. The molecule has 0 aromatic carbocycles. The molecule has 3 unspecified atom stereocenters. The first-order valence-corrected chi connectivity index (χ1v) is 9.58. The molecule has 0 aromatic rings. The molecule has 3 atom stereocenters. The van der Waals surface area contributed by atoms with Crippen LogP contribution in [0, 0.1) is 17.8 Å². The maximum absolute atomic E-state index is 12.9. The van der Waals surface area contributed by atoms with Gasteiger partial charge in [0.2, 0.25) is 5.91 Å². The van der Waals surface area contributed by atoms with E-state index < -0.39 is 0 Å². The van der Waals surface area contributed by atoms with E-state index in [9.17, 15) is 4.79 Å². The largest absolute Gasteiger partial charge is 0.340 e. The van der Waals surface area contributed by atoms with E-state index in [1.807, 2.05) is 0 Å². The van der Waals surface area contributed by atoms with Crippen LogP contribution in [0.2, 0.25) is 0 Å². The third kappa shape index (κ3) is 5.26. The van der Waals surface area contributed by atoms with Gasteiger partial charge in [-0.15, -0.1) is 0 Å². The van der Waals surface area contributed by atoms with Crippen molar-refractivity contribution < 1.29 is 4.79 Å². The number of hydrogen-bond acceptors (Lipinski definition) is 2. The number of likely N-dealkylation sites (tertiary alicyclic amines) is 1. The summed E-state index contributed by atoms with van der Waals surface area (Å²) >= 11 is 0. The van der Waals surface area contributed by atoms with Gasteiger partial charge in [-0.2, -0.15) is 0 Å². The monoisotopic (exact) mass is 308 g/mol. The van der Waals surface area contributed by atoms with Gasteiger partial charge in [-0.25, -0.2) is 0 Å². The van der Waals surface area contributed by atoms with Crippen LogP contribution >= 0.6 is 0 Å². The highest BCUT2D eigenvalue weighted by Crippen LogP contribution is 2.27. The molecule has 2 aliphatic heterocycles. The van der Waals surface area contributed by atoms with Crippen molar-refractivity contribution in [3.05, 3.63) is 0 Å². The first kappa shape index (κ1) is 17.8. The SMILES string of the molecule is CC(C)CC1CCCCCN1C(=O)CC(C)C1CCCNC1. The Morgan fingerprint density at radius 3 is 2.64 bits per heavy atom. The summed E-state index contributed by atoms with van der Waals surface area (Å²) < 4.78 is 0. The lowest BCUT2D eigenvalue weighted by Gasteiger charge is -2.34. The summed E-state index contributed by atoms with van der Waals surface area (Å²) in [4.78, 5) is 15.2. The minimum Gasteiger partial charge on any atom is -0.340 e. The molecule has 1 N–H and O–H groups in total. The number of carbonyl (C=O) groups excluding carboxylic acids is 1. The highest BCUT2D eigenvalue weighted by atomic mass is 16.2. The van der Waals surface area contributed by atoms with Gasteiger partial charge in [-0.05, 0) is 62.9 Å². The van der Waals surface area contributed by atoms with Gasteiger partial charge >= 0.3 is 0 Å². The predicted molar refractivity (Wildman–Crippen MR) is 92.8 cm³/mol. The zero-order valence-corrected chi connectivity index (χ0v) is 14.9. The molecule has 0 spiro atoms. The van der Waals surface area contributed by atoms with Crippen LogP contribution in [0.3, 0.4) is 0 Å². The summed E-state index contributed by atoms with van der Waals surface area (Å²) in [6, 6.07) is 0.492. The van der Waals surface area contributed by atoms with E-state index in [2.05, 4.69) is 31.0 Å². The second-order valence-corrected chi connectivity index (χ2v) is 8.01.